The Hall–Kier alpha value is -1.75. The topological polar surface area (TPSA) is 56.7 Å². The molecule has 0 radical (unpaired) electrons. The number of aryl methyl sites for hydroxylation is 1. The van der Waals surface area contributed by atoms with Gasteiger partial charge in [-0.1, -0.05) is 31.5 Å². The first kappa shape index (κ1) is 11.7. The van der Waals surface area contributed by atoms with E-state index in [2.05, 4.69) is 23.0 Å². The van der Waals surface area contributed by atoms with E-state index in [9.17, 15) is 0 Å². The number of hydrogen-bond acceptors (Lipinski definition) is 4. The van der Waals surface area contributed by atoms with E-state index in [1.165, 1.54) is 5.56 Å². The molecule has 0 atom stereocenters. The second-order valence-corrected chi connectivity index (χ2v) is 4.11. The summed E-state index contributed by atoms with van der Waals surface area (Å²) in [5.74, 6) is 0.208. The van der Waals surface area contributed by atoms with Gasteiger partial charge in [0.15, 0.2) is 0 Å². The highest BCUT2D eigenvalue weighted by atomic mass is 32.1. The third-order valence-electron chi connectivity index (χ3n) is 2.49. The summed E-state index contributed by atoms with van der Waals surface area (Å²) < 4.78 is 2.22. The number of rotatable bonds is 3. The minimum Gasteiger partial charge on any atom is -0.368 e. The molecule has 1 heterocycles. The Labute approximate surface area is 105 Å². The summed E-state index contributed by atoms with van der Waals surface area (Å²) in [6, 6.07) is 8.11. The van der Waals surface area contributed by atoms with Gasteiger partial charge < -0.3 is 5.73 Å². The lowest BCUT2D eigenvalue weighted by molar-refractivity contribution is 0.859. The van der Waals surface area contributed by atoms with Crippen molar-refractivity contribution in [3.63, 3.8) is 0 Å². The monoisotopic (exact) mass is 246 g/mol. The van der Waals surface area contributed by atoms with Crippen molar-refractivity contribution < 1.29 is 0 Å². The Balaban J connectivity index is 2.56. The van der Waals surface area contributed by atoms with Crippen LogP contribution in [-0.2, 0) is 6.42 Å². The first-order valence-electron chi connectivity index (χ1n) is 5.52. The maximum atomic E-state index is 5.50. The molecule has 0 bridgehead atoms. The molecule has 17 heavy (non-hydrogen) atoms. The molecule has 0 saturated heterocycles. The maximum Gasteiger partial charge on any atom is 0.224 e. The first-order valence-corrected chi connectivity index (χ1v) is 5.92. The third-order valence-corrected chi connectivity index (χ3v) is 2.78. The number of aromatic nitrogens is 3. The number of hydrogen-bond donors (Lipinski definition) is 1. The van der Waals surface area contributed by atoms with Gasteiger partial charge in [-0.3, -0.25) is 4.57 Å². The summed E-state index contributed by atoms with van der Waals surface area (Å²) in [7, 11) is 0. The number of nitrogens with zero attached hydrogens (tertiary/aromatic N) is 3. The molecule has 0 fully saturated rings. The standard InChI is InChI=1S/C12H14N4S/c1-2-5-9-6-3-4-7-10(9)16-8-14-11(13)15-12(16)17/h3-4,6-8H,2,5H2,1H3,(H2,13,15,17). The van der Waals surface area contributed by atoms with Crippen molar-refractivity contribution in [1.82, 2.24) is 14.5 Å². The van der Waals surface area contributed by atoms with Gasteiger partial charge in [0.25, 0.3) is 0 Å². The predicted molar refractivity (Wildman–Crippen MR) is 70.6 cm³/mol. The zero-order valence-electron chi connectivity index (χ0n) is 9.63. The number of para-hydroxylation sites is 1. The molecule has 4 nitrogen and oxygen atoms in total. The Kier molecular flexibility index (Phi) is 3.49. The van der Waals surface area contributed by atoms with Gasteiger partial charge in [-0.25, -0.2) is 4.98 Å². The molecule has 0 spiro atoms. The van der Waals surface area contributed by atoms with E-state index in [0.29, 0.717) is 4.77 Å². The molecular weight excluding hydrogens is 232 g/mol. The number of benzene rings is 1. The van der Waals surface area contributed by atoms with Gasteiger partial charge in [-0.05, 0) is 30.3 Å². The van der Waals surface area contributed by atoms with Crippen LogP contribution in [0.2, 0.25) is 0 Å². The van der Waals surface area contributed by atoms with Crippen LogP contribution in [0.15, 0.2) is 30.6 Å². The third kappa shape index (κ3) is 2.50. The second kappa shape index (κ2) is 5.05. The minimum absolute atomic E-state index is 0.208. The summed E-state index contributed by atoms with van der Waals surface area (Å²) in [5, 5.41) is 0. The molecule has 2 aromatic rings. The van der Waals surface area contributed by atoms with E-state index >= 15 is 0 Å². The average molecular weight is 246 g/mol. The van der Waals surface area contributed by atoms with Gasteiger partial charge >= 0.3 is 0 Å². The largest absolute Gasteiger partial charge is 0.368 e. The van der Waals surface area contributed by atoms with Crippen molar-refractivity contribution in [1.29, 1.82) is 0 Å². The van der Waals surface area contributed by atoms with Crippen LogP contribution in [0.5, 0.6) is 0 Å². The molecule has 1 aromatic heterocycles. The lowest BCUT2D eigenvalue weighted by Crippen LogP contribution is -2.06. The van der Waals surface area contributed by atoms with E-state index in [4.69, 9.17) is 18.0 Å². The summed E-state index contributed by atoms with van der Waals surface area (Å²) in [6.07, 6.45) is 3.71. The SMILES string of the molecule is CCCc1ccccc1-n1cnc(N)nc1=S. The smallest absolute Gasteiger partial charge is 0.224 e. The van der Waals surface area contributed by atoms with Crippen molar-refractivity contribution in [3.05, 3.63) is 40.9 Å². The number of nitrogens with two attached hydrogens (primary N) is 1. The Morgan fingerprint density at radius 2 is 2.12 bits per heavy atom. The first-order chi connectivity index (χ1) is 8.22. The van der Waals surface area contributed by atoms with E-state index in [1.807, 2.05) is 18.2 Å². The van der Waals surface area contributed by atoms with Gasteiger partial charge in [-0.15, -0.1) is 0 Å². The summed E-state index contributed by atoms with van der Waals surface area (Å²) in [5.41, 5.74) is 7.76. The zero-order valence-corrected chi connectivity index (χ0v) is 10.4. The highest BCUT2D eigenvalue weighted by molar-refractivity contribution is 7.71. The Morgan fingerprint density at radius 1 is 1.35 bits per heavy atom. The number of anilines is 1. The quantitative estimate of drug-likeness (QED) is 0.845. The normalized spacial score (nSPS) is 10.4. The van der Waals surface area contributed by atoms with Gasteiger partial charge in [0.2, 0.25) is 10.7 Å². The lowest BCUT2D eigenvalue weighted by Gasteiger charge is -2.11. The van der Waals surface area contributed by atoms with E-state index < -0.39 is 0 Å². The van der Waals surface area contributed by atoms with E-state index in [1.54, 1.807) is 10.9 Å². The van der Waals surface area contributed by atoms with Gasteiger partial charge in [0.1, 0.15) is 6.33 Å². The van der Waals surface area contributed by atoms with Crippen LogP contribution in [0.25, 0.3) is 5.69 Å². The molecule has 1 aromatic carbocycles. The molecule has 0 saturated carbocycles. The van der Waals surface area contributed by atoms with Gasteiger partial charge in [-0.2, -0.15) is 4.98 Å². The van der Waals surface area contributed by atoms with Crippen LogP contribution in [0, 0.1) is 4.77 Å². The van der Waals surface area contributed by atoms with Crippen LogP contribution in [0.3, 0.4) is 0 Å². The molecule has 0 unspecified atom stereocenters. The predicted octanol–water partition coefficient (Wildman–Crippen LogP) is 2.53. The number of nitrogen functional groups attached to an aromatic ring is 1. The van der Waals surface area contributed by atoms with Crippen molar-refractivity contribution in [3.8, 4) is 5.69 Å². The van der Waals surface area contributed by atoms with Gasteiger partial charge in [0.05, 0.1) is 5.69 Å². The molecular formula is C12H14N4S. The highest BCUT2D eigenvalue weighted by Gasteiger charge is 2.04. The van der Waals surface area contributed by atoms with Crippen LogP contribution >= 0.6 is 12.2 Å². The maximum absolute atomic E-state index is 5.50. The van der Waals surface area contributed by atoms with Crippen LogP contribution in [-0.4, -0.2) is 14.5 Å². The molecule has 0 aliphatic carbocycles. The van der Waals surface area contributed by atoms with Crippen molar-refractivity contribution in [2.24, 2.45) is 0 Å². The summed E-state index contributed by atoms with van der Waals surface area (Å²) in [6.45, 7) is 2.15. The van der Waals surface area contributed by atoms with Crippen LogP contribution in [0.1, 0.15) is 18.9 Å². The summed E-state index contributed by atoms with van der Waals surface area (Å²) in [4.78, 5) is 7.98. The second-order valence-electron chi connectivity index (χ2n) is 3.75. The Bertz CT molecular complexity index is 577. The van der Waals surface area contributed by atoms with Gasteiger partial charge in [0, 0.05) is 0 Å². The molecule has 2 rings (SSSR count). The molecule has 0 aliphatic rings. The molecule has 5 heteroatoms. The molecule has 2 N–H and O–H groups in total. The average Bonchev–Trinajstić information content (AvgIpc) is 2.31. The fourth-order valence-electron chi connectivity index (χ4n) is 1.74. The molecule has 0 amide bonds. The molecule has 0 aliphatic heterocycles. The minimum atomic E-state index is 0.208. The Morgan fingerprint density at radius 3 is 2.82 bits per heavy atom. The highest BCUT2D eigenvalue weighted by Crippen LogP contribution is 2.16. The van der Waals surface area contributed by atoms with Crippen molar-refractivity contribution in [2.75, 3.05) is 5.73 Å². The molecule has 88 valence electrons. The van der Waals surface area contributed by atoms with E-state index in [-0.39, 0.29) is 5.95 Å². The summed E-state index contributed by atoms with van der Waals surface area (Å²) >= 11 is 5.20. The van der Waals surface area contributed by atoms with Crippen LogP contribution < -0.4 is 5.73 Å². The zero-order chi connectivity index (χ0) is 12.3. The fraction of sp³-hybridized carbons (Fsp3) is 0.250. The lowest BCUT2D eigenvalue weighted by atomic mass is 10.1. The van der Waals surface area contributed by atoms with E-state index in [0.717, 1.165) is 18.5 Å². The van der Waals surface area contributed by atoms with Crippen molar-refractivity contribution in [2.45, 2.75) is 19.8 Å². The fourth-order valence-corrected chi connectivity index (χ4v) is 1.98. The van der Waals surface area contributed by atoms with Crippen molar-refractivity contribution >= 4 is 18.2 Å². The van der Waals surface area contributed by atoms with Crippen LogP contribution in [0.4, 0.5) is 5.95 Å².